The second-order valence-corrected chi connectivity index (χ2v) is 7.60. The van der Waals surface area contributed by atoms with Crippen LogP contribution in [-0.2, 0) is 10.0 Å². The van der Waals surface area contributed by atoms with Gasteiger partial charge in [-0.1, -0.05) is 6.42 Å². The number of aromatic carboxylic acids is 1. The molecule has 1 aliphatic carbocycles. The molecular formula is C11H16N2O5S2. The van der Waals surface area contributed by atoms with Crippen LogP contribution in [0.4, 0.5) is 0 Å². The van der Waals surface area contributed by atoms with Crippen molar-refractivity contribution >= 4 is 27.3 Å². The lowest BCUT2D eigenvalue weighted by Crippen LogP contribution is -2.32. The fraction of sp³-hybridized carbons (Fsp3) is 0.636. The molecule has 7 nitrogen and oxygen atoms in total. The molecular weight excluding hydrogens is 304 g/mol. The Kier molecular flexibility index (Phi) is 4.74. The first kappa shape index (κ1) is 15.4. The van der Waals surface area contributed by atoms with Crippen molar-refractivity contribution in [1.29, 1.82) is 0 Å². The molecule has 1 aromatic rings. The SMILES string of the molecule is O=C(O)c1ncsc1S(=O)(=O)NCC1CCCC1CO. The van der Waals surface area contributed by atoms with Gasteiger partial charge in [0, 0.05) is 13.2 Å². The molecule has 9 heteroatoms. The zero-order valence-corrected chi connectivity index (χ0v) is 12.3. The molecule has 1 saturated carbocycles. The van der Waals surface area contributed by atoms with E-state index in [2.05, 4.69) is 9.71 Å². The zero-order chi connectivity index (χ0) is 14.8. The molecule has 0 radical (unpaired) electrons. The summed E-state index contributed by atoms with van der Waals surface area (Å²) in [6.07, 6.45) is 2.73. The van der Waals surface area contributed by atoms with Crippen LogP contribution in [0.3, 0.4) is 0 Å². The van der Waals surface area contributed by atoms with Gasteiger partial charge >= 0.3 is 5.97 Å². The number of hydrogen-bond acceptors (Lipinski definition) is 6. The van der Waals surface area contributed by atoms with E-state index in [0.29, 0.717) is 0 Å². The molecule has 1 fully saturated rings. The number of rotatable bonds is 6. The first-order valence-electron chi connectivity index (χ1n) is 6.23. The molecule has 0 aliphatic heterocycles. The van der Waals surface area contributed by atoms with Crippen molar-refractivity contribution in [3.63, 3.8) is 0 Å². The van der Waals surface area contributed by atoms with Gasteiger partial charge in [-0.25, -0.2) is 22.9 Å². The van der Waals surface area contributed by atoms with Crippen LogP contribution in [0.2, 0.25) is 0 Å². The third kappa shape index (κ3) is 3.17. The van der Waals surface area contributed by atoms with Crippen LogP contribution in [-0.4, -0.2) is 42.7 Å². The number of aromatic nitrogens is 1. The molecule has 2 rings (SSSR count). The van der Waals surface area contributed by atoms with E-state index in [0.717, 1.165) is 30.6 Å². The van der Waals surface area contributed by atoms with E-state index >= 15 is 0 Å². The van der Waals surface area contributed by atoms with Gasteiger partial charge in [0.1, 0.15) is 0 Å². The number of hydrogen-bond donors (Lipinski definition) is 3. The maximum atomic E-state index is 12.1. The number of nitrogens with one attached hydrogen (secondary N) is 1. The molecule has 2 atom stereocenters. The number of carboxylic acids is 1. The molecule has 1 heterocycles. The Morgan fingerprint density at radius 1 is 1.45 bits per heavy atom. The van der Waals surface area contributed by atoms with Crippen molar-refractivity contribution in [3.05, 3.63) is 11.2 Å². The summed E-state index contributed by atoms with van der Waals surface area (Å²) in [4.78, 5) is 14.5. The average Bonchev–Trinajstić information content (AvgIpc) is 3.05. The summed E-state index contributed by atoms with van der Waals surface area (Å²) >= 11 is 0.782. The van der Waals surface area contributed by atoms with Crippen LogP contribution >= 0.6 is 11.3 Å². The van der Waals surface area contributed by atoms with Gasteiger partial charge in [-0.15, -0.1) is 11.3 Å². The number of sulfonamides is 1. The van der Waals surface area contributed by atoms with Crippen molar-refractivity contribution in [3.8, 4) is 0 Å². The Morgan fingerprint density at radius 3 is 2.80 bits per heavy atom. The summed E-state index contributed by atoms with van der Waals surface area (Å²) < 4.78 is 26.4. The fourth-order valence-corrected chi connectivity index (χ4v) is 4.75. The summed E-state index contributed by atoms with van der Waals surface area (Å²) in [5.41, 5.74) is 0.747. The van der Waals surface area contributed by atoms with Gasteiger partial charge in [0.05, 0.1) is 5.51 Å². The highest BCUT2D eigenvalue weighted by molar-refractivity contribution is 7.91. The quantitative estimate of drug-likeness (QED) is 0.704. The minimum Gasteiger partial charge on any atom is -0.476 e. The van der Waals surface area contributed by atoms with Crippen LogP contribution in [0.15, 0.2) is 9.72 Å². The van der Waals surface area contributed by atoms with Gasteiger partial charge in [0.2, 0.25) is 0 Å². The van der Waals surface area contributed by atoms with Gasteiger partial charge in [-0.3, -0.25) is 0 Å². The molecule has 1 aliphatic rings. The highest BCUT2D eigenvalue weighted by Gasteiger charge is 2.30. The van der Waals surface area contributed by atoms with E-state index in [1.165, 1.54) is 5.51 Å². The second kappa shape index (κ2) is 6.17. The maximum Gasteiger partial charge on any atom is 0.356 e. The Morgan fingerprint density at radius 2 is 2.15 bits per heavy atom. The first-order chi connectivity index (χ1) is 9.45. The Hall–Kier alpha value is -1.03. The highest BCUT2D eigenvalue weighted by Crippen LogP contribution is 2.31. The lowest BCUT2D eigenvalue weighted by molar-refractivity contribution is 0.0687. The van der Waals surface area contributed by atoms with Crippen molar-refractivity contribution in [1.82, 2.24) is 9.71 Å². The molecule has 0 bridgehead atoms. The van der Waals surface area contributed by atoms with Gasteiger partial charge in [-0.05, 0) is 24.7 Å². The number of nitrogens with zero attached hydrogens (tertiary/aromatic N) is 1. The Balaban J connectivity index is 2.08. The van der Waals surface area contributed by atoms with Gasteiger partial charge < -0.3 is 10.2 Å². The van der Waals surface area contributed by atoms with E-state index in [-0.39, 0.29) is 29.2 Å². The first-order valence-corrected chi connectivity index (χ1v) is 8.59. The topological polar surface area (TPSA) is 117 Å². The number of aliphatic hydroxyl groups is 1. The highest BCUT2D eigenvalue weighted by atomic mass is 32.2. The summed E-state index contributed by atoms with van der Waals surface area (Å²) in [7, 11) is -3.87. The molecule has 0 amide bonds. The van der Waals surface area contributed by atoms with E-state index in [1.807, 2.05) is 0 Å². The monoisotopic (exact) mass is 320 g/mol. The van der Waals surface area contributed by atoms with E-state index in [4.69, 9.17) is 5.11 Å². The number of aliphatic hydroxyl groups excluding tert-OH is 1. The standard InChI is InChI=1S/C11H16N2O5S2/c14-5-8-3-1-2-7(8)4-13-20(17,18)11-9(10(15)16)12-6-19-11/h6-8,13-14H,1-5H2,(H,15,16). The molecule has 1 aromatic heterocycles. The lowest BCUT2D eigenvalue weighted by Gasteiger charge is -2.17. The molecule has 3 N–H and O–H groups in total. The molecule has 112 valence electrons. The summed E-state index contributed by atoms with van der Waals surface area (Å²) in [5, 5.41) is 18.1. The van der Waals surface area contributed by atoms with E-state index in [1.54, 1.807) is 0 Å². The Labute approximate surface area is 120 Å². The Bertz CT molecular complexity index is 583. The number of thiazole rings is 1. The second-order valence-electron chi connectivity index (χ2n) is 4.78. The third-order valence-electron chi connectivity index (χ3n) is 3.57. The predicted molar refractivity (Wildman–Crippen MR) is 72.2 cm³/mol. The normalized spacial score (nSPS) is 23.1. The summed E-state index contributed by atoms with van der Waals surface area (Å²) in [5.74, 6) is -1.16. The van der Waals surface area contributed by atoms with Crippen LogP contribution in [0.5, 0.6) is 0 Å². The number of carboxylic acid groups (broad SMARTS) is 1. The molecule has 0 spiro atoms. The minimum absolute atomic E-state index is 0.0489. The van der Waals surface area contributed by atoms with Crippen molar-refractivity contribution in [2.75, 3.05) is 13.2 Å². The number of carbonyl (C=O) groups is 1. The molecule has 0 aromatic carbocycles. The van der Waals surface area contributed by atoms with Crippen LogP contribution < -0.4 is 4.72 Å². The average molecular weight is 320 g/mol. The maximum absolute atomic E-state index is 12.1. The van der Waals surface area contributed by atoms with E-state index in [9.17, 15) is 18.3 Å². The zero-order valence-electron chi connectivity index (χ0n) is 10.7. The van der Waals surface area contributed by atoms with Crippen molar-refractivity contribution < 1.29 is 23.4 Å². The molecule has 0 saturated heterocycles. The fourth-order valence-electron chi connectivity index (χ4n) is 2.47. The third-order valence-corrected chi connectivity index (χ3v) is 6.36. The van der Waals surface area contributed by atoms with Gasteiger partial charge in [0.25, 0.3) is 10.0 Å². The lowest BCUT2D eigenvalue weighted by atomic mass is 9.97. The van der Waals surface area contributed by atoms with Gasteiger partial charge in [0.15, 0.2) is 9.90 Å². The van der Waals surface area contributed by atoms with Crippen LogP contribution in [0.1, 0.15) is 29.8 Å². The minimum atomic E-state index is -3.87. The largest absolute Gasteiger partial charge is 0.476 e. The van der Waals surface area contributed by atoms with E-state index < -0.39 is 21.7 Å². The smallest absolute Gasteiger partial charge is 0.356 e. The van der Waals surface area contributed by atoms with Crippen molar-refractivity contribution in [2.45, 2.75) is 23.5 Å². The summed E-state index contributed by atoms with van der Waals surface area (Å²) in [6.45, 7) is 0.262. The van der Waals surface area contributed by atoms with Crippen LogP contribution in [0.25, 0.3) is 0 Å². The van der Waals surface area contributed by atoms with Crippen molar-refractivity contribution in [2.24, 2.45) is 11.8 Å². The molecule has 2 unspecified atom stereocenters. The van der Waals surface area contributed by atoms with Gasteiger partial charge in [-0.2, -0.15) is 0 Å². The molecule has 20 heavy (non-hydrogen) atoms. The summed E-state index contributed by atoms with van der Waals surface area (Å²) in [6, 6.07) is 0. The predicted octanol–water partition coefficient (Wildman–Crippen LogP) is 0.528. The van der Waals surface area contributed by atoms with Crippen LogP contribution in [0, 0.1) is 11.8 Å².